The molecule has 5 nitrogen and oxygen atoms in total. The summed E-state index contributed by atoms with van der Waals surface area (Å²) in [5, 5.41) is 8.38. The Bertz CT molecular complexity index is 566. The Balaban J connectivity index is 2.05. The maximum Gasteiger partial charge on any atom is 0.270 e. The van der Waals surface area contributed by atoms with Crippen LogP contribution in [0, 0.1) is 0 Å². The number of hydrogen-bond acceptors (Lipinski definition) is 5. The van der Waals surface area contributed by atoms with Crippen molar-refractivity contribution in [2.45, 2.75) is 0 Å². The summed E-state index contributed by atoms with van der Waals surface area (Å²) in [6, 6.07) is 7.62. The maximum absolute atomic E-state index is 11.8. The Morgan fingerprint density at radius 1 is 1.30 bits per heavy atom. The number of thiazole rings is 1. The zero-order valence-electron chi connectivity index (χ0n) is 11.5. The van der Waals surface area contributed by atoms with E-state index in [-0.39, 0.29) is 5.91 Å². The molecule has 1 aromatic carbocycles. The van der Waals surface area contributed by atoms with E-state index in [1.54, 1.807) is 12.5 Å². The van der Waals surface area contributed by atoms with Crippen LogP contribution in [-0.2, 0) is 0 Å². The Kier molecular flexibility index (Phi) is 5.09. The van der Waals surface area contributed by atoms with E-state index in [0.29, 0.717) is 12.2 Å². The Morgan fingerprint density at radius 2 is 2.05 bits per heavy atom. The van der Waals surface area contributed by atoms with Crippen LogP contribution in [0.3, 0.4) is 0 Å². The summed E-state index contributed by atoms with van der Waals surface area (Å²) in [5.41, 5.74) is 1.43. The summed E-state index contributed by atoms with van der Waals surface area (Å²) in [4.78, 5) is 16.2. The van der Waals surface area contributed by atoms with Crippen molar-refractivity contribution in [1.29, 1.82) is 0 Å². The van der Waals surface area contributed by atoms with Crippen LogP contribution in [-0.4, -0.2) is 38.1 Å². The molecule has 0 saturated carbocycles. The molecule has 0 saturated heterocycles. The van der Waals surface area contributed by atoms with Crippen molar-refractivity contribution in [3.8, 4) is 16.3 Å². The molecule has 0 aliphatic heterocycles. The van der Waals surface area contributed by atoms with Gasteiger partial charge in [-0.2, -0.15) is 0 Å². The zero-order valence-corrected chi connectivity index (χ0v) is 12.3. The lowest BCUT2D eigenvalue weighted by molar-refractivity contribution is 0.0950. The monoisotopic (exact) mass is 291 g/mol. The highest BCUT2D eigenvalue weighted by molar-refractivity contribution is 7.13. The van der Waals surface area contributed by atoms with E-state index in [0.717, 1.165) is 22.9 Å². The molecule has 0 aliphatic rings. The van der Waals surface area contributed by atoms with Crippen LogP contribution < -0.4 is 15.4 Å². The topological polar surface area (TPSA) is 63.2 Å². The van der Waals surface area contributed by atoms with Gasteiger partial charge in [-0.25, -0.2) is 4.98 Å². The number of carbonyl (C=O) groups is 1. The standard InChI is InChI=1S/C14H17N3O2S/c1-15-7-8-16-13(18)12-9-20-14(17-12)10-3-5-11(19-2)6-4-10/h3-6,9,15H,7-8H2,1-2H3,(H,16,18). The molecule has 0 fully saturated rings. The lowest BCUT2D eigenvalue weighted by Crippen LogP contribution is -2.30. The number of methoxy groups -OCH3 is 1. The van der Waals surface area contributed by atoms with E-state index in [9.17, 15) is 4.79 Å². The first-order valence-electron chi connectivity index (χ1n) is 6.27. The van der Waals surface area contributed by atoms with Crippen LogP contribution in [0.1, 0.15) is 10.5 Å². The molecule has 0 spiro atoms. The van der Waals surface area contributed by atoms with E-state index in [1.165, 1.54) is 11.3 Å². The van der Waals surface area contributed by atoms with Gasteiger partial charge in [0.25, 0.3) is 5.91 Å². The summed E-state index contributed by atoms with van der Waals surface area (Å²) in [5.74, 6) is 0.659. The number of ether oxygens (including phenoxy) is 1. The third kappa shape index (κ3) is 3.55. The molecule has 2 N–H and O–H groups in total. The average Bonchev–Trinajstić information content (AvgIpc) is 2.97. The van der Waals surface area contributed by atoms with Gasteiger partial charge in [-0.3, -0.25) is 4.79 Å². The molecule has 0 atom stereocenters. The number of likely N-dealkylation sites (N-methyl/N-ethyl adjacent to an activating group) is 1. The molecule has 20 heavy (non-hydrogen) atoms. The number of rotatable bonds is 6. The SMILES string of the molecule is CNCCNC(=O)c1csc(-c2ccc(OC)cc2)n1. The van der Waals surface area contributed by atoms with Crippen molar-refractivity contribution >= 4 is 17.2 Å². The molecule has 1 heterocycles. The smallest absolute Gasteiger partial charge is 0.270 e. The molecule has 2 aromatic rings. The van der Waals surface area contributed by atoms with Gasteiger partial charge in [0.15, 0.2) is 0 Å². The summed E-state index contributed by atoms with van der Waals surface area (Å²) < 4.78 is 5.12. The fourth-order valence-electron chi connectivity index (χ4n) is 1.64. The Morgan fingerprint density at radius 3 is 2.70 bits per heavy atom. The molecule has 6 heteroatoms. The van der Waals surface area contributed by atoms with E-state index >= 15 is 0 Å². The number of aromatic nitrogens is 1. The third-order valence-electron chi connectivity index (χ3n) is 2.73. The highest BCUT2D eigenvalue weighted by atomic mass is 32.1. The predicted octanol–water partition coefficient (Wildman–Crippen LogP) is 1.77. The van der Waals surface area contributed by atoms with Crippen molar-refractivity contribution in [2.75, 3.05) is 27.2 Å². The molecule has 1 aromatic heterocycles. The second-order valence-electron chi connectivity index (χ2n) is 4.13. The first kappa shape index (κ1) is 14.5. The molecule has 0 unspecified atom stereocenters. The van der Waals surface area contributed by atoms with Crippen molar-refractivity contribution in [3.63, 3.8) is 0 Å². The summed E-state index contributed by atoms with van der Waals surface area (Å²) in [6.45, 7) is 1.33. The van der Waals surface area contributed by atoms with Crippen LogP contribution >= 0.6 is 11.3 Å². The van der Waals surface area contributed by atoms with Crippen LogP contribution in [0.2, 0.25) is 0 Å². The van der Waals surface area contributed by atoms with Crippen LogP contribution in [0.5, 0.6) is 5.75 Å². The van der Waals surface area contributed by atoms with Gasteiger partial charge in [-0.15, -0.1) is 11.3 Å². The van der Waals surface area contributed by atoms with Crippen LogP contribution in [0.15, 0.2) is 29.6 Å². The molecule has 106 valence electrons. The number of benzene rings is 1. The lowest BCUT2D eigenvalue weighted by atomic mass is 10.2. The Hall–Kier alpha value is -1.92. The molecule has 2 rings (SSSR count). The second-order valence-corrected chi connectivity index (χ2v) is 4.98. The van der Waals surface area contributed by atoms with Gasteiger partial charge < -0.3 is 15.4 Å². The number of nitrogens with zero attached hydrogens (tertiary/aromatic N) is 1. The summed E-state index contributed by atoms with van der Waals surface area (Å²) >= 11 is 1.46. The van der Waals surface area contributed by atoms with E-state index in [2.05, 4.69) is 15.6 Å². The molecular formula is C14H17N3O2S. The molecular weight excluding hydrogens is 274 g/mol. The first-order chi connectivity index (χ1) is 9.74. The van der Waals surface area contributed by atoms with Crippen molar-refractivity contribution < 1.29 is 9.53 Å². The fourth-order valence-corrected chi connectivity index (χ4v) is 2.44. The first-order valence-corrected chi connectivity index (χ1v) is 7.15. The molecule has 0 radical (unpaired) electrons. The third-order valence-corrected chi connectivity index (χ3v) is 3.63. The van der Waals surface area contributed by atoms with Gasteiger partial charge in [0, 0.05) is 24.0 Å². The van der Waals surface area contributed by atoms with E-state index < -0.39 is 0 Å². The van der Waals surface area contributed by atoms with Crippen LogP contribution in [0.4, 0.5) is 0 Å². The van der Waals surface area contributed by atoms with Crippen molar-refractivity contribution in [1.82, 2.24) is 15.6 Å². The quantitative estimate of drug-likeness (QED) is 0.796. The number of nitrogens with one attached hydrogen (secondary N) is 2. The van der Waals surface area contributed by atoms with Crippen molar-refractivity contribution in [3.05, 3.63) is 35.3 Å². The van der Waals surface area contributed by atoms with Gasteiger partial charge in [-0.1, -0.05) is 0 Å². The van der Waals surface area contributed by atoms with Gasteiger partial charge in [-0.05, 0) is 31.3 Å². The minimum absolute atomic E-state index is 0.142. The minimum Gasteiger partial charge on any atom is -0.497 e. The average molecular weight is 291 g/mol. The fraction of sp³-hybridized carbons (Fsp3) is 0.286. The van der Waals surface area contributed by atoms with Gasteiger partial charge in [0.1, 0.15) is 16.5 Å². The lowest BCUT2D eigenvalue weighted by Gasteiger charge is -2.02. The normalized spacial score (nSPS) is 10.3. The summed E-state index contributed by atoms with van der Waals surface area (Å²) in [7, 11) is 3.47. The summed E-state index contributed by atoms with van der Waals surface area (Å²) in [6.07, 6.45) is 0. The van der Waals surface area contributed by atoms with E-state index in [4.69, 9.17) is 4.74 Å². The maximum atomic E-state index is 11.8. The highest BCUT2D eigenvalue weighted by Crippen LogP contribution is 2.25. The zero-order chi connectivity index (χ0) is 14.4. The van der Waals surface area contributed by atoms with Gasteiger partial charge in [0.05, 0.1) is 7.11 Å². The van der Waals surface area contributed by atoms with Crippen molar-refractivity contribution in [2.24, 2.45) is 0 Å². The number of carbonyl (C=O) groups excluding carboxylic acids is 1. The number of amides is 1. The molecule has 0 aliphatic carbocycles. The molecule has 1 amide bonds. The largest absolute Gasteiger partial charge is 0.497 e. The molecule has 0 bridgehead atoms. The number of hydrogen-bond donors (Lipinski definition) is 2. The van der Waals surface area contributed by atoms with Gasteiger partial charge >= 0.3 is 0 Å². The second kappa shape index (κ2) is 7.02. The van der Waals surface area contributed by atoms with Gasteiger partial charge in [0.2, 0.25) is 0 Å². The van der Waals surface area contributed by atoms with Crippen LogP contribution in [0.25, 0.3) is 10.6 Å². The minimum atomic E-state index is -0.142. The highest BCUT2D eigenvalue weighted by Gasteiger charge is 2.11. The van der Waals surface area contributed by atoms with E-state index in [1.807, 2.05) is 31.3 Å². The predicted molar refractivity (Wildman–Crippen MR) is 80.4 cm³/mol. The Labute approximate surface area is 122 Å².